The molecule has 5 heteroatoms. The lowest BCUT2D eigenvalue weighted by Gasteiger charge is -2.35. The van der Waals surface area contributed by atoms with Gasteiger partial charge in [-0.3, -0.25) is 4.67 Å². The van der Waals surface area contributed by atoms with E-state index in [9.17, 15) is 4.79 Å². The van der Waals surface area contributed by atoms with Gasteiger partial charge in [0.15, 0.2) is 0 Å². The van der Waals surface area contributed by atoms with Crippen molar-refractivity contribution in [3.05, 3.63) is 90.0 Å². The average molecular weight is 391 g/mol. The van der Waals surface area contributed by atoms with Crippen molar-refractivity contribution in [3.8, 4) is 5.75 Å². The van der Waals surface area contributed by atoms with E-state index in [1.807, 2.05) is 71.4 Å². The summed E-state index contributed by atoms with van der Waals surface area (Å²) in [6, 6.07) is 25.3. The number of carbonyl (C=O) groups excluding carboxylic acids is 1. The summed E-state index contributed by atoms with van der Waals surface area (Å²) < 4.78 is 14.1. The fourth-order valence-corrected chi connectivity index (χ4v) is 4.63. The van der Waals surface area contributed by atoms with Gasteiger partial charge in [0, 0.05) is 5.56 Å². The zero-order valence-electron chi connectivity index (χ0n) is 16.1. The lowest BCUT2D eigenvalue weighted by atomic mass is 9.86. The highest BCUT2D eigenvalue weighted by atomic mass is 31.2. The number of para-hydroxylation sites is 3. The monoisotopic (exact) mass is 391 g/mol. The Morgan fingerprint density at radius 3 is 2.25 bits per heavy atom. The van der Waals surface area contributed by atoms with Crippen LogP contribution in [-0.4, -0.2) is 5.97 Å². The third-order valence-electron chi connectivity index (χ3n) is 4.55. The van der Waals surface area contributed by atoms with Crippen LogP contribution in [-0.2, 0) is 9.94 Å². The summed E-state index contributed by atoms with van der Waals surface area (Å²) in [5.74, 6) is 0.372. The SMILES string of the molecule is CC(C)(C)c1ccccc1OP1OC(=O)c2ccccc2N1c1ccccc1. The first kappa shape index (κ1) is 18.5. The summed E-state index contributed by atoms with van der Waals surface area (Å²) in [7, 11) is -1.69. The molecule has 4 nitrogen and oxygen atoms in total. The predicted octanol–water partition coefficient (Wildman–Crippen LogP) is 6.60. The molecule has 0 fully saturated rings. The number of fused-ring (bicyclic) bond motifs is 1. The summed E-state index contributed by atoms with van der Waals surface area (Å²) in [6.45, 7) is 6.42. The molecule has 1 heterocycles. The van der Waals surface area contributed by atoms with Crippen LogP contribution in [0.4, 0.5) is 11.4 Å². The lowest BCUT2D eigenvalue weighted by Crippen LogP contribution is -2.25. The van der Waals surface area contributed by atoms with Gasteiger partial charge in [0.05, 0.1) is 16.9 Å². The molecule has 0 amide bonds. The number of anilines is 2. The normalized spacial score (nSPS) is 16.3. The predicted molar refractivity (Wildman–Crippen MR) is 113 cm³/mol. The van der Waals surface area contributed by atoms with E-state index in [2.05, 4.69) is 26.8 Å². The molecule has 0 saturated heterocycles. The van der Waals surface area contributed by atoms with E-state index in [0.717, 1.165) is 22.7 Å². The minimum absolute atomic E-state index is 0.0960. The first-order valence-corrected chi connectivity index (χ1v) is 10.3. The van der Waals surface area contributed by atoms with Gasteiger partial charge in [0.2, 0.25) is 0 Å². The van der Waals surface area contributed by atoms with Crippen molar-refractivity contribution in [2.24, 2.45) is 0 Å². The number of carbonyl (C=O) groups is 1. The summed E-state index contributed by atoms with van der Waals surface area (Å²) in [4.78, 5) is 12.6. The summed E-state index contributed by atoms with van der Waals surface area (Å²) >= 11 is 0. The number of benzene rings is 3. The summed E-state index contributed by atoms with van der Waals surface area (Å²) in [5, 5.41) is 0. The Bertz CT molecular complexity index is 998. The fourth-order valence-electron chi connectivity index (χ4n) is 3.19. The minimum Gasteiger partial charge on any atom is -0.422 e. The minimum atomic E-state index is -1.69. The topological polar surface area (TPSA) is 38.8 Å². The summed E-state index contributed by atoms with van der Waals surface area (Å²) in [5.41, 5.74) is 3.23. The highest BCUT2D eigenvalue weighted by Crippen LogP contribution is 2.56. The van der Waals surface area contributed by atoms with Crippen molar-refractivity contribution in [2.75, 3.05) is 4.67 Å². The van der Waals surface area contributed by atoms with Crippen LogP contribution in [0.15, 0.2) is 78.9 Å². The molecule has 3 aromatic carbocycles. The Balaban J connectivity index is 1.80. The first-order chi connectivity index (χ1) is 13.4. The zero-order valence-corrected chi connectivity index (χ0v) is 17.0. The molecule has 0 bridgehead atoms. The van der Waals surface area contributed by atoms with Crippen LogP contribution in [0, 0.1) is 0 Å². The molecular weight excluding hydrogens is 369 g/mol. The van der Waals surface area contributed by atoms with Gasteiger partial charge in [-0.25, -0.2) is 4.79 Å². The standard InChI is InChI=1S/C23H22NO3P/c1-23(2,3)19-14-8-10-16-21(19)26-28-24(17-11-5-4-6-12-17)20-15-9-7-13-18(20)22(25)27-28/h4-16H,1-3H3. The van der Waals surface area contributed by atoms with E-state index in [0.29, 0.717) is 5.56 Å². The van der Waals surface area contributed by atoms with Gasteiger partial charge in [-0.1, -0.05) is 69.3 Å². The second-order valence-corrected chi connectivity index (χ2v) is 8.86. The van der Waals surface area contributed by atoms with Gasteiger partial charge >= 0.3 is 14.5 Å². The first-order valence-electron chi connectivity index (χ1n) is 9.19. The van der Waals surface area contributed by atoms with Crippen LogP contribution in [0.2, 0.25) is 0 Å². The van der Waals surface area contributed by atoms with E-state index in [1.165, 1.54) is 0 Å². The van der Waals surface area contributed by atoms with Crippen LogP contribution < -0.4 is 9.19 Å². The van der Waals surface area contributed by atoms with E-state index in [1.54, 1.807) is 6.07 Å². The average Bonchev–Trinajstić information content (AvgIpc) is 2.68. The molecule has 28 heavy (non-hydrogen) atoms. The van der Waals surface area contributed by atoms with Crippen LogP contribution in [0.25, 0.3) is 0 Å². The maximum atomic E-state index is 12.6. The quantitative estimate of drug-likeness (QED) is 0.472. The molecule has 1 unspecified atom stereocenters. The second kappa shape index (κ2) is 7.29. The molecule has 3 aromatic rings. The molecule has 142 valence electrons. The van der Waals surface area contributed by atoms with E-state index >= 15 is 0 Å². The molecule has 0 N–H and O–H groups in total. The third kappa shape index (κ3) is 3.48. The number of rotatable bonds is 3. The van der Waals surface area contributed by atoms with Gasteiger partial charge in [0.1, 0.15) is 5.75 Å². The lowest BCUT2D eigenvalue weighted by molar-refractivity contribution is 0.0735. The van der Waals surface area contributed by atoms with Gasteiger partial charge in [-0.2, -0.15) is 0 Å². The highest BCUT2D eigenvalue weighted by Gasteiger charge is 2.38. The third-order valence-corrected chi connectivity index (χ3v) is 6.00. The molecule has 0 saturated carbocycles. The zero-order chi connectivity index (χ0) is 19.7. The van der Waals surface area contributed by atoms with E-state index < -0.39 is 8.53 Å². The highest BCUT2D eigenvalue weighted by molar-refractivity contribution is 7.51. The largest absolute Gasteiger partial charge is 0.424 e. The molecule has 0 radical (unpaired) electrons. The van der Waals surface area contributed by atoms with E-state index in [-0.39, 0.29) is 11.4 Å². The van der Waals surface area contributed by atoms with Crippen LogP contribution in [0.5, 0.6) is 5.75 Å². The van der Waals surface area contributed by atoms with Crippen molar-refractivity contribution < 1.29 is 13.8 Å². The molecule has 0 aromatic heterocycles. The Morgan fingerprint density at radius 2 is 1.50 bits per heavy atom. The number of hydrogen-bond donors (Lipinski definition) is 0. The maximum absolute atomic E-state index is 12.6. The second-order valence-electron chi connectivity index (χ2n) is 7.62. The fraction of sp³-hybridized carbons (Fsp3) is 0.174. The van der Waals surface area contributed by atoms with E-state index in [4.69, 9.17) is 9.05 Å². The number of nitrogens with zero attached hydrogens (tertiary/aromatic N) is 1. The van der Waals surface area contributed by atoms with Gasteiger partial charge in [0.25, 0.3) is 0 Å². The van der Waals surface area contributed by atoms with Crippen molar-refractivity contribution in [1.29, 1.82) is 0 Å². The smallest absolute Gasteiger partial charge is 0.422 e. The maximum Gasteiger partial charge on any atom is 0.424 e. The molecule has 0 spiro atoms. The molecule has 4 rings (SSSR count). The molecular formula is C23H22NO3P. The number of hydrogen-bond acceptors (Lipinski definition) is 4. The van der Waals surface area contributed by atoms with Crippen LogP contribution in [0.1, 0.15) is 36.7 Å². The van der Waals surface area contributed by atoms with Crippen molar-refractivity contribution in [2.45, 2.75) is 26.2 Å². The van der Waals surface area contributed by atoms with Crippen molar-refractivity contribution in [3.63, 3.8) is 0 Å². The summed E-state index contributed by atoms with van der Waals surface area (Å²) in [6.07, 6.45) is 0. The van der Waals surface area contributed by atoms with Gasteiger partial charge in [-0.15, -0.1) is 0 Å². The molecule has 1 aliphatic heterocycles. The Morgan fingerprint density at radius 1 is 0.857 bits per heavy atom. The van der Waals surface area contributed by atoms with Gasteiger partial charge in [-0.05, 0) is 35.7 Å². The van der Waals surface area contributed by atoms with Crippen molar-refractivity contribution >= 4 is 25.9 Å². The Kier molecular flexibility index (Phi) is 4.82. The van der Waals surface area contributed by atoms with Crippen LogP contribution >= 0.6 is 8.53 Å². The molecule has 1 aliphatic rings. The van der Waals surface area contributed by atoms with Gasteiger partial charge < -0.3 is 9.05 Å². The molecule has 0 aliphatic carbocycles. The van der Waals surface area contributed by atoms with Crippen LogP contribution in [0.3, 0.4) is 0 Å². The van der Waals surface area contributed by atoms with Crippen molar-refractivity contribution in [1.82, 2.24) is 0 Å². The molecule has 1 atom stereocenters. The Hall–Kier alpha value is -2.84. The Labute approximate surface area is 166 Å².